The molecule has 2 rings (SSSR count). The van der Waals surface area contributed by atoms with Gasteiger partial charge in [-0.25, -0.2) is 0 Å². The third kappa shape index (κ3) is 2.22. The van der Waals surface area contributed by atoms with Gasteiger partial charge < -0.3 is 19.9 Å². The van der Waals surface area contributed by atoms with Crippen molar-refractivity contribution in [3.63, 3.8) is 0 Å². The zero-order valence-electron chi connectivity index (χ0n) is 9.87. The molecule has 1 aliphatic rings. The third-order valence-corrected chi connectivity index (χ3v) is 2.40. The van der Waals surface area contributed by atoms with E-state index < -0.39 is 0 Å². The van der Waals surface area contributed by atoms with Crippen LogP contribution in [0.5, 0.6) is 17.2 Å². The second-order valence-corrected chi connectivity index (χ2v) is 4.69. The van der Waals surface area contributed by atoms with Crippen LogP contribution in [0.15, 0.2) is 12.1 Å². The predicted octanol–water partition coefficient (Wildman–Crippen LogP) is 1.70. The van der Waals surface area contributed by atoms with Gasteiger partial charge in [0.05, 0.1) is 7.11 Å². The first-order valence-corrected chi connectivity index (χ1v) is 5.25. The van der Waals surface area contributed by atoms with Crippen molar-refractivity contribution in [3.8, 4) is 17.2 Å². The first-order valence-electron chi connectivity index (χ1n) is 5.25. The average molecular weight is 223 g/mol. The van der Waals surface area contributed by atoms with Gasteiger partial charge in [-0.1, -0.05) is 0 Å². The highest BCUT2D eigenvalue weighted by molar-refractivity contribution is 5.53. The fourth-order valence-electron chi connectivity index (χ4n) is 1.79. The Balaban J connectivity index is 2.39. The summed E-state index contributed by atoms with van der Waals surface area (Å²) in [6.07, 6.45) is 0.718. The van der Waals surface area contributed by atoms with Crippen LogP contribution in [0, 0.1) is 0 Å². The van der Waals surface area contributed by atoms with Gasteiger partial charge in [-0.05, 0) is 26.3 Å². The highest BCUT2D eigenvalue weighted by Crippen LogP contribution is 2.40. The summed E-state index contributed by atoms with van der Waals surface area (Å²) in [6.45, 7) is 4.23. The molecule has 0 atom stereocenters. The molecule has 0 aromatic heterocycles. The Kier molecular flexibility index (Phi) is 2.68. The van der Waals surface area contributed by atoms with Crippen LogP contribution in [0.25, 0.3) is 0 Å². The normalized spacial score (nSPS) is 14.0. The second-order valence-electron chi connectivity index (χ2n) is 4.69. The van der Waals surface area contributed by atoms with E-state index in [2.05, 4.69) is 0 Å². The molecule has 4 heteroatoms. The zero-order valence-corrected chi connectivity index (χ0v) is 9.87. The minimum atomic E-state index is -0.286. The quantitative estimate of drug-likeness (QED) is 0.847. The van der Waals surface area contributed by atoms with E-state index >= 15 is 0 Å². The van der Waals surface area contributed by atoms with E-state index in [1.807, 2.05) is 26.0 Å². The number of nitrogens with two attached hydrogens (primary N) is 1. The van der Waals surface area contributed by atoms with Crippen LogP contribution in [0.2, 0.25) is 0 Å². The predicted molar refractivity (Wildman–Crippen MR) is 61.1 cm³/mol. The van der Waals surface area contributed by atoms with Crippen molar-refractivity contribution in [1.82, 2.24) is 0 Å². The van der Waals surface area contributed by atoms with Gasteiger partial charge in [0.25, 0.3) is 0 Å². The van der Waals surface area contributed by atoms with E-state index in [-0.39, 0.29) is 12.3 Å². The third-order valence-electron chi connectivity index (χ3n) is 2.40. The van der Waals surface area contributed by atoms with E-state index in [1.165, 1.54) is 0 Å². The molecule has 0 amide bonds. The van der Waals surface area contributed by atoms with Gasteiger partial charge in [-0.2, -0.15) is 0 Å². The van der Waals surface area contributed by atoms with Crippen LogP contribution in [0.3, 0.4) is 0 Å². The van der Waals surface area contributed by atoms with Gasteiger partial charge in [-0.3, -0.25) is 0 Å². The molecule has 0 bridgehead atoms. The molecule has 1 aromatic rings. The first kappa shape index (κ1) is 11.1. The molecule has 0 aliphatic carbocycles. The number of ether oxygens (including phenoxy) is 3. The molecule has 0 unspecified atom stereocenters. The molecule has 0 saturated heterocycles. The van der Waals surface area contributed by atoms with E-state index in [0.717, 1.165) is 29.2 Å². The van der Waals surface area contributed by atoms with Gasteiger partial charge in [0.15, 0.2) is 11.5 Å². The molecule has 1 aliphatic heterocycles. The zero-order chi connectivity index (χ0) is 11.8. The highest BCUT2D eigenvalue weighted by atomic mass is 16.7. The fraction of sp³-hybridized carbons (Fsp3) is 0.500. The van der Waals surface area contributed by atoms with Crippen molar-refractivity contribution in [3.05, 3.63) is 17.7 Å². The smallest absolute Gasteiger partial charge is 0.231 e. The Morgan fingerprint density at radius 2 is 2.12 bits per heavy atom. The maximum atomic E-state index is 6.02. The molecule has 4 nitrogen and oxygen atoms in total. The van der Waals surface area contributed by atoms with Crippen molar-refractivity contribution in [2.45, 2.75) is 25.8 Å². The standard InChI is InChI=1S/C12H17NO3/c1-12(2,13)6-8-4-9(14-3)5-10-11(8)16-7-15-10/h4-5H,6-7,13H2,1-3H3. The highest BCUT2D eigenvalue weighted by Gasteiger charge is 2.23. The van der Waals surface area contributed by atoms with Crippen molar-refractivity contribution in [2.75, 3.05) is 13.9 Å². The average Bonchev–Trinajstić information content (AvgIpc) is 2.63. The summed E-state index contributed by atoms with van der Waals surface area (Å²) in [6, 6.07) is 3.78. The summed E-state index contributed by atoms with van der Waals surface area (Å²) in [4.78, 5) is 0. The van der Waals surface area contributed by atoms with Crippen LogP contribution in [0.1, 0.15) is 19.4 Å². The molecule has 88 valence electrons. The number of hydrogen-bond acceptors (Lipinski definition) is 4. The van der Waals surface area contributed by atoms with E-state index in [4.69, 9.17) is 19.9 Å². The SMILES string of the molecule is COc1cc(CC(C)(C)N)c2c(c1)OCO2. The maximum absolute atomic E-state index is 6.02. The van der Waals surface area contributed by atoms with Crippen molar-refractivity contribution in [1.29, 1.82) is 0 Å². The molecule has 1 heterocycles. The van der Waals surface area contributed by atoms with E-state index in [1.54, 1.807) is 7.11 Å². The molecule has 0 spiro atoms. The number of benzene rings is 1. The van der Waals surface area contributed by atoms with Gasteiger partial charge >= 0.3 is 0 Å². The van der Waals surface area contributed by atoms with Gasteiger partial charge in [-0.15, -0.1) is 0 Å². The lowest BCUT2D eigenvalue weighted by Gasteiger charge is -2.19. The van der Waals surface area contributed by atoms with Crippen LogP contribution < -0.4 is 19.9 Å². The minimum Gasteiger partial charge on any atom is -0.497 e. The van der Waals surface area contributed by atoms with E-state index in [0.29, 0.717) is 0 Å². The van der Waals surface area contributed by atoms with Gasteiger partial charge in [0, 0.05) is 17.2 Å². The Morgan fingerprint density at radius 3 is 2.75 bits per heavy atom. The molecule has 16 heavy (non-hydrogen) atoms. The second kappa shape index (κ2) is 3.87. The number of rotatable bonds is 3. The summed E-state index contributed by atoms with van der Waals surface area (Å²) in [5.41, 5.74) is 6.76. The minimum absolute atomic E-state index is 0.264. The van der Waals surface area contributed by atoms with Crippen molar-refractivity contribution in [2.24, 2.45) is 5.73 Å². The van der Waals surface area contributed by atoms with Crippen LogP contribution in [0.4, 0.5) is 0 Å². The van der Waals surface area contributed by atoms with Crippen molar-refractivity contribution < 1.29 is 14.2 Å². The Labute approximate surface area is 95.3 Å². The molecule has 2 N–H and O–H groups in total. The Hall–Kier alpha value is -1.42. The monoisotopic (exact) mass is 223 g/mol. The van der Waals surface area contributed by atoms with Gasteiger partial charge in [0.1, 0.15) is 5.75 Å². The fourth-order valence-corrected chi connectivity index (χ4v) is 1.79. The summed E-state index contributed by atoms with van der Waals surface area (Å²) in [7, 11) is 1.63. The number of methoxy groups -OCH3 is 1. The summed E-state index contributed by atoms with van der Waals surface area (Å²) >= 11 is 0. The lowest BCUT2D eigenvalue weighted by atomic mass is 9.95. The lowest BCUT2D eigenvalue weighted by Crippen LogP contribution is -2.34. The van der Waals surface area contributed by atoms with Crippen LogP contribution in [-0.4, -0.2) is 19.4 Å². The summed E-state index contributed by atoms with van der Waals surface area (Å²) in [5.74, 6) is 2.29. The van der Waals surface area contributed by atoms with E-state index in [9.17, 15) is 0 Å². The largest absolute Gasteiger partial charge is 0.497 e. The number of fused-ring (bicyclic) bond motifs is 1. The summed E-state index contributed by atoms with van der Waals surface area (Å²) in [5, 5.41) is 0. The molecule has 0 radical (unpaired) electrons. The molecule has 1 aromatic carbocycles. The Bertz CT molecular complexity index is 396. The molecular formula is C12H17NO3. The summed E-state index contributed by atoms with van der Waals surface area (Å²) < 4.78 is 16.0. The lowest BCUT2D eigenvalue weighted by molar-refractivity contribution is 0.173. The van der Waals surface area contributed by atoms with Crippen molar-refractivity contribution >= 4 is 0 Å². The number of hydrogen-bond donors (Lipinski definition) is 1. The maximum Gasteiger partial charge on any atom is 0.231 e. The Morgan fingerprint density at radius 1 is 1.38 bits per heavy atom. The first-order chi connectivity index (χ1) is 7.49. The van der Waals surface area contributed by atoms with Crippen LogP contribution in [-0.2, 0) is 6.42 Å². The molecule has 0 fully saturated rings. The van der Waals surface area contributed by atoms with Crippen LogP contribution >= 0.6 is 0 Å². The molecular weight excluding hydrogens is 206 g/mol. The van der Waals surface area contributed by atoms with Gasteiger partial charge in [0.2, 0.25) is 6.79 Å². The topological polar surface area (TPSA) is 53.7 Å². The molecule has 0 saturated carbocycles.